The van der Waals surface area contributed by atoms with Crippen LogP contribution in [-0.4, -0.2) is 54.4 Å². The number of sulfonamides is 1. The van der Waals surface area contributed by atoms with Gasteiger partial charge in [0.05, 0.1) is 22.2 Å². The van der Waals surface area contributed by atoms with Crippen LogP contribution in [0.25, 0.3) is 16.6 Å². The first kappa shape index (κ1) is 20.0. The molecule has 2 aromatic heterocycles. The maximum absolute atomic E-state index is 13.4. The summed E-state index contributed by atoms with van der Waals surface area (Å²) in [5, 5.41) is 0.558. The second kappa shape index (κ2) is 7.21. The van der Waals surface area contributed by atoms with Crippen molar-refractivity contribution in [3.63, 3.8) is 0 Å². The minimum atomic E-state index is -3.97. The van der Waals surface area contributed by atoms with Crippen molar-refractivity contribution in [3.8, 4) is 0 Å². The van der Waals surface area contributed by atoms with E-state index in [1.165, 1.54) is 22.8 Å². The number of aromatic nitrogens is 3. The molecule has 3 aromatic rings. The van der Waals surface area contributed by atoms with E-state index in [-0.39, 0.29) is 28.8 Å². The van der Waals surface area contributed by atoms with E-state index in [0.717, 1.165) is 10.2 Å². The highest BCUT2D eigenvalue weighted by Crippen LogP contribution is 2.33. The molecule has 0 saturated heterocycles. The zero-order valence-corrected chi connectivity index (χ0v) is 17.7. The summed E-state index contributed by atoms with van der Waals surface area (Å²) in [6.45, 7) is 0.428. The topological polar surface area (TPSA) is 102 Å². The van der Waals surface area contributed by atoms with Gasteiger partial charge in [-0.1, -0.05) is 35.9 Å². The Balaban J connectivity index is 1.93. The molecule has 152 valence electrons. The second-order valence-electron chi connectivity index (χ2n) is 6.61. The standard InChI is InChI=1S/C18H17ClN4O4S2/c1-28(24,25)22-9-7-13(8-10-22)16-11-15-17(19)20-12-21-18(15)23(16)29(26,27)14-5-3-2-4-6-14/h2-7,11-12H,8-10H2,1H3. The molecule has 0 aliphatic carbocycles. The van der Waals surface area contributed by atoms with Crippen molar-refractivity contribution < 1.29 is 16.8 Å². The van der Waals surface area contributed by atoms with Crippen molar-refractivity contribution in [2.24, 2.45) is 0 Å². The molecule has 1 aromatic carbocycles. The van der Waals surface area contributed by atoms with Crippen molar-refractivity contribution in [1.29, 1.82) is 0 Å². The van der Waals surface area contributed by atoms with Crippen LogP contribution >= 0.6 is 11.6 Å². The fraction of sp³-hybridized carbons (Fsp3) is 0.222. The molecule has 29 heavy (non-hydrogen) atoms. The van der Waals surface area contributed by atoms with Crippen LogP contribution in [0.5, 0.6) is 0 Å². The van der Waals surface area contributed by atoms with E-state index in [2.05, 4.69) is 9.97 Å². The molecule has 0 N–H and O–H groups in total. The van der Waals surface area contributed by atoms with Gasteiger partial charge in [-0.3, -0.25) is 0 Å². The minimum absolute atomic E-state index is 0.114. The highest BCUT2D eigenvalue weighted by atomic mass is 35.5. The summed E-state index contributed by atoms with van der Waals surface area (Å²) in [5.74, 6) is 0. The van der Waals surface area contributed by atoms with Crippen LogP contribution in [0.3, 0.4) is 0 Å². The average Bonchev–Trinajstić information content (AvgIpc) is 3.10. The van der Waals surface area contributed by atoms with Crippen LogP contribution in [0.1, 0.15) is 12.1 Å². The quantitative estimate of drug-likeness (QED) is 0.563. The molecule has 0 amide bonds. The zero-order chi connectivity index (χ0) is 20.8. The van der Waals surface area contributed by atoms with Gasteiger partial charge in [-0.25, -0.2) is 30.8 Å². The maximum atomic E-state index is 13.4. The highest BCUT2D eigenvalue weighted by molar-refractivity contribution is 7.90. The molecule has 3 heterocycles. The number of benzene rings is 1. The molecular weight excluding hydrogens is 436 g/mol. The largest absolute Gasteiger partial charge is 0.269 e. The Kier molecular flexibility index (Phi) is 4.97. The monoisotopic (exact) mass is 452 g/mol. The normalized spacial score (nSPS) is 16.1. The molecule has 0 unspecified atom stereocenters. The van der Waals surface area contributed by atoms with Crippen molar-refractivity contribution in [3.05, 3.63) is 59.6 Å². The Morgan fingerprint density at radius 3 is 2.41 bits per heavy atom. The molecule has 0 saturated carbocycles. The maximum Gasteiger partial charge on any atom is 0.269 e. The molecule has 1 aliphatic rings. The van der Waals surface area contributed by atoms with Gasteiger partial charge in [0, 0.05) is 13.1 Å². The van der Waals surface area contributed by atoms with E-state index in [4.69, 9.17) is 11.6 Å². The molecule has 11 heteroatoms. The molecule has 4 rings (SSSR count). The van der Waals surface area contributed by atoms with E-state index in [9.17, 15) is 16.8 Å². The first-order valence-electron chi connectivity index (χ1n) is 8.66. The van der Waals surface area contributed by atoms with Gasteiger partial charge in [-0.05, 0) is 30.2 Å². The predicted molar refractivity (Wildman–Crippen MR) is 111 cm³/mol. The van der Waals surface area contributed by atoms with Crippen LogP contribution in [0.4, 0.5) is 0 Å². The third-order valence-corrected chi connectivity index (χ3v) is 8.05. The lowest BCUT2D eigenvalue weighted by atomic mass is 10.1. The Morgan fingerprint density at radius 1 is 1.07 bits per heavy atom. The molecule has 1 aliphatic heterocycles. The van der Waals surface area contributed by atoms with Gasteiger partial charge >= 0.3 is 0 Å². The molecule has 0 spiro atoms. The van der Waals surface area contributed by atoms with Gasteiger partial charge < -0.3 is 0 Å². The van der Waals surface area contributed by atoms with Crippen LogP contribution in [0, 0.1) is 0 Å². The van der Waals surface area contributed by atoms with Crippen molar-refractivity contribution in [2.75, 3.05) is 19.3 Å². The zero-order valence-electron chi connectivity index (χ0n) is 15.4. The number of rotatable bonds is 4. The summed E-state index contributed by atoms with van der Waals surface area (Å²) >= 11 is 6.19. The van der Waals surface area contributed by atoms with E-state index in [0.29, 0.717) is 23.1 Å². The second-order valence-corrected chi connectivity index (χ2v) is 10.7. The van der Waals surface area contributed by atoms with Crippen molar-refractivity contribution in [1.82, 2.24) is 18.2 Å². The third-order valence-electron chi connectivity index (χ3n) is 4.76. The molecule has 0 atom stereocenters. The Hall–Kier alpha value is -2.27. The predicted octanol–water partition coefficient (Wildman–Crippen LogP) is 2.37. The fourth-order valence-corrected chi connectivity index (χ4v) is 5.77. The lowest BCUT2D eigenvalue weighted by molar-refractivity contribution is 0.445. The summed E-state index contributed by atoms with van der Waals surface area (Å²) < 4.78 is 52.9. The van der Waals surface area contributed by atoms with E-state index >= 15 is 0 Å². The number of halogens is 1. The van der Waals surface area contributed by atoms with Gasteiger partial charge in [0.1, 0.15) is 11.5 Å². The molecular formula is C18H17ClN4O4S2. The SMILES string of the molecule is CS(=O)(=O)N1CC=C(c2cc3c(Cl)ncnc3n2S(=O)(=O)c2ccccc2)CC1. The first-order chi connectivity index (χ1) is 13.7. The van der Waals surface area contributed by atoms with Crippen LogP contribution < -0.4 is 0 Å². The summed E-state index contributed by atoms with van der Waals surface area (Å²) in [6.07, 6.45) is 4.44. The highest BCUT2D eigenvalue weighted by Gasteiger charge is 2.28. The Morgan fingerprint density at radius 2 is 1.79 bits per heavy atom. The molecule has 8 nitrogen and oxygen atoms in total. The van der Waals surface area contributed by atoms with Crippen LogP contribution in [0.15, 0.2) is 53.7 Å². The smallest absolute Gasteiger partial charge is 0.224 e. The molecule has 0 fully saturated rings. The fourth-order valence-electron chi connectivity index (χ4n) is 3.31. The van der Waals surface area contributed by atoms with Gasteiger partial charge in [0.25, 0.3) is 10.0 Å². The number of hydrogen-bond donors (Lipinski definition) is 0. The van der Waals surface area contributed by atoms with Crippen LogP contribution in [0.2, 0.25) is 5.15 Å². The summed E-state index contributed by atoms with van der Waals surface area (Å²) in [7, 11) is -7.29. The van der Waals surface area contributed by atoms with Crippen molar-refractivity contribution in [2.45, 2.75) is 11.3 Å². The van der Waals surface area contributed by atoms with E-state index in [1.807, 2.05) is 0 Å². The van der Waals surface area contributed by atoms with Gasteiger partial charge in [0.2, 0.25) is 10.0 Å². The average molecular weight is 453 g/mol. The molecule has 0 radical (unpaired) electrons. The minimum Gasteiger partial charge on any atom is -0.224 e. The van der Waals surface area contributed by atoms with E-state index in [1.54, 1.807) is 30.3 Å². The first-order valence-corrected chi connectivity index (χ1v) is 12.3. The Bertz CT molecular complexity index is 1330. The molecule has 0 bridgehead atoms. The lowest BCUT2D eigenvalue weighted by Crippen LogP contribution is -2.34. The number of fused-ring (bicyclic) bond motifs is 1. The van der Waals surface area contributed by atoms with Gasteiger partial charge in [-0.15, -0.1) is 0 Å². The number of nitrogens with zero attached hydrogens (tertiary/aromatic N) is 4. The van der Waals surface area contributed by atoms with E-state index < -0.39 is 20.0 Å². The third kappa shape index (κ3) is 3.57. The Labute approximate surface area is 173 Å². The summed E-state index contributed by atoms with van der Waals surface area (Å²) in [4.78, 5) is 8.22. The van der Waals surface area contributed by atoms with Crippen molar-refractivity contribution >= 4 is 48.3 Å². The summed E-state index contributed by atoms with van der Waals surface area (Å²) in [6, 6.07) is 9.67. The lowest BCUT2D eigenvalue weighted by Gasteiger charge is -2.24. The summed E-state index contributed by atoms with van der Waals surface area (Å²) in [5.41, 5.74) is 1.29. The number of hydrogen-bond acceptors (Lipinski definition) is 6. The van der Waals surface area contributed by atoms with Gasteiger partial charge in [-0.2, -0.15) is 4.31 Å². The van der Waals surface area contributed by atoms with Crippen LogP contribution in [-0.2, 0) is 20.0 Å². The van der Waals surface area contributed by atoms with Gasteiger partial charge in [0.15, 0.2) is 5.65 Å².